The highest BCUT2D eigenvalue weighted by atomic mass is 19.1. The Labute approximate surface area is 169 Å². The summed E-state index contributed by atoms with van der Waals surface area (Å²) in [4.78, 5) is 30.2. The van der Waals surface area contributed by atoms with Crippen LogP contribution in [0.3, 0.4) is 0 Å². The Morgan fingerprint density at radius 3 is 2.59 bits per heavy atom. The number of nitrogens with one attached hydrogen (secondary N) is 1. The lowest BCUT2D eigenvalue weighted by atomic mass is 10.1. The van der Waals surface area contributed by atoms with Gasteiger partial charge in [0.05, 0.1) is 5.71 Å². The third kappa shape index (κ3) is 3.38. The number of carbonyl (C=O) groups is 2. The summed E-state index contributed by atoms with van der Waals surface area (Å²) in [5.41, 5.74) is 1.62. The highest BCUT2D eigenvalue weighted by Gasteiger charge is 2.55. The van der Waals surface area contributed by atoms with Gasteiger partial charge in [0.15, 0.2) is 6.29 Å². The minimum Gasteiger partial charge on any atom is -0.310 e. The maximum absolute atomic E-state index is 13.4. The van der Waals surface area contributed by atoms with Gasteiger partial charge in [-0.25, -0.2) is 14.1 Å². The van der Waals surface area contributed by atoms with Gasteiger partial charge in [0.25, 0.3) is 5.91 Å². The van der Waals surface area contributed by atoms with Gasteiger partial charge in [-0.3, -0.25) is 20.0 Å². The summed E-state index contributed by atoms with van der Waals surface area (Å²) < 4.78 is 13.4. The number of unbranched alkanes of at least 4 members (excludes halogenated alkanes) is 2. The summed E-state index contributed by atoms with van der Waals surface area (Å²) in [6.07, 6.45) is 2.47. The Kier molecular flexibility index (Phi) is 5.26. The van der Waals surface area contributed by atoms with Crippen LogP contribution in [0.2, 0.25) is 0 Å². The monoisotopic (exact) mass is 402 g/mol. The molecule has 3 unspecified atom stereocenters. The van der Waals surface area contributed by atoms with Gasteiger partial charge in [-0.1, -0.05) is 31.9 Å². The fourth-order valence-electron chi connectivity index (χ4n) is 4.27. The van der Waals surface area contributed by atoms with E-state index in [0.29, 0.717) is 6.54 Å². The molecule has 1 aromatic rings. The summed E-state index contributed by atoms with van der Waals surface area (Å²) in [6, 6.07) is 5.45. The van der Waals surface area contributed by atoms with Crippen LogP contribution in [0.4, 0.5) is 9.18 Å². The average Bonchev–Trinajstić information content (AvgIpc) is 3.11. The second-order valence-electron chi connectivity index (χ2n) is 7.82. The van der Waals surface area contributed by atoms with E-state index in [9.17, 15) is 14.0 Å². The van der Waals surface area contributed by atoms with E-state index in [1.165, 1.54) is 24.1 Å². The lowest BCUT2D eigenvalue weighted by Crippen LogP contribution is -2.65. The second-order valence-corrected chi connectivity index (χ2v) is 7.82. The number of nitrogens with zero attached hydrogens (tertiary/aromatic N) is 5. The molecule has 3 aliphatic rings. The van der Waals surface area contributed by atoms with E-state index in [4.69, 9.17) is 5.10 Å². The second kappa shape index (κ2) is 7.72. The van der Waals surface area contributed by atoms with E-state index >= 15 is 0 Å². The van der Waals surface area contributed by atoms with Gasteiger partial charge in [0, 0.05) is 27.2 Å². The Morgan fingerprint density at radius 1 is 1.17 bits per heavy atom. The normalized spacial score (nSPS) is 27.2. The van der Waals surface area contributed by atoms with E-state index in [1.54, 1.807) is 24.1 Å². The Morgan fingerprint density at radius 2 is 1.90 bits per heavy atom. The first-order valence-corrected chi connectivity index (χ1v) is 10.1. The SMILES string of the molecule is CCCCCN1N=C(c2ccc(F)cc2)CN2C3C(=O)N(C)C(=O)N(C)C3NC12. The molecule has 29 heavy (non-hydrogen) atoms. The number of imide groups is 1. The molecule has 9 heteroatoms. The minimum atomic E-state index is -0.493. The van der Waals surface area contributed by atoms with Gasteiger partial charge >= 0.3 is 6.03 Å². The summed E-state index contributed by atoms with van der Waals surface area (Å²) >= 11 is 0. The maximum Gasteiger partial charge on any atom is 0.327 e. The number of urea groups is 1. The van der Waals surface area contributed by atoms with Crippen LogP contribution in [-0.4, -0.2) is 83.0 Å². The number of halogens is 1. The van der Waals surface area contributed by atoms with Crippen LogP contribution in [0.25, 0.3) is 0 Å². The Bertz CT molecular complexity index is 829. The number of amides is 3. The number of rotatable bonds is 5. The van der Waals surface area contributed by atoms with Crippen LogP contribution in [0.15, 0.2) is 29.4 Å². The summed E-state index contributed by atoms with van der Waals surface area (Å²) in [6.45, 7) is 3.32. The molecule has 3 aliphatic heterocycles. The van der Waals surface area contributed by atoms with E-state index in [0.717, 1.165) is 37.1 Å². The number of benzene rings is 1. The van der Waals surface area contributed by atoms with Crippen molar-refractivity contribution in [1.29, 1.82) is 0 Å². The van der Waals surface area contributed by atoms with E-state index in [1.807, 2.05) is 5.01 Å². The predicted molar refractivity (Wildman–Crippen MR) is 106 cm³/mol. The average molecular weight is 402 g/mol. The molecule has 0 bridgehead atoms. The minimum absolute atomic E-state index is 0.220. The zero-order valence-electron chi connectivity index (χ0n) is 17.0. The number of hydrogen-bond donors (Lipinski definition) is 1. The van der Waals surface area contributed by atoms with Crippen molar-refractivity contribution in [1.82, 2.24) is 25.0 Å². The van der Waals surface area contributed by atoms with Gasteiger partial charge in [-0.15, -0.1) is 0 Å². The standard InChI is InChI=1S/C20H27FN6O2/c1-4-5-6-11-27-19-22-17-16(18(28)25(3)20(29)24(17)2)26(19)12-15(23-27)13-7-9-14(21)10-8-13/h7-10,16-17,19,22H,4-6,11-12H2,1-3H3. The highest BCUT2D eigenvalue weighted by Crippen LogP contribution is 2.30. The summed E-state index contributed by atoms with van der Waals surface area (Å²) in [7, 11) is 3.22. The first-order chi connectivity index (χ1) is 13.9. The maximum atomic E-state index is 13.4. The van der Waals surface area contributed by atoms with Crippen molar-refractivity contribution in [3.8, 4) is 0 Å². The molecule has 1 aromatic carbocycles. The van der Waals surface area contributed by atoms with Crippen molar-refractivity contribution in [2.75, 3.05) is 27.2 Å². The van der Waals surface area contributed by atoms with Crippen LogP contribution in [-0.2, 0) is 4.79 Å². The van der Waals surface area contributed by atoms with Crippen LogP contribution in [0, 0.1) is 5.82 Å². The molecule has 2 fully saturated rings. The molecule has 3 atom stereocenters. The van der Waals surface area contributed by atoms with Crippen LogP contribution in [0.1, 0.15) is 31.7 Å². The van der Waals surface area contributed by atoms with Crippen LogP contribution < -0.4 is 5.32 Å². The van der Waals surface area contributed by atoms with Crippen molar-refractivity contribution in [2.45, 2.75) is 44.7 Å². The number of carbonyl (C=O) groups excluding carboxylic acids is 2. The molecule has 0 aromatic heterocycles. The Balaban J connectivity index is 1.67. The molecule has 3 heterocycles. The van der Waals surface area contributed by atoms with E-state index < -0.39 is 12.2 Å². The summed E-state index contributed by atoms with van der Waals surface area (Å²) in [5.74, 6) is -0.517. The quantitative estimate of drug-likeness (QED) is 0.755. The molecule has 0 saturated carbocycles. The van der Waals surface area contributed by atoms with Gasteiger partial charge in [-0.2, -0.15) is 5.10 Å². The zero-order valence-corrected chi connectivity index (χ0v) is 17.0. The molecule has 8 nitrogen and oxygen atoms in total. The van der Waals surface area contributed by atoms with E-state index in [2.05, 4.69) is 17.1 Å². The van der Waals surface area contributed by atoms with Gasteiger partial charge in [-0.05, 0) is 24.1 Å². The third-order valence-electron chi connectivity index (χ3n) is 5.91. The topological polar surface area (TPSA) is 71.5 Å². The molecule has 4 rings (SSSR count). The summed E-state index contributed by atoms with van der Waals surface area (Å²) in [5, 5.41) is 10.2. The molecule has 0 spiro atoms. The van der Waals surface area contributed by atoms with Gasteiger partial charge in [0.2, 0.25) is 0 Å². The first-order valence-electron chi connectivity index (χ1n) is 10.1. The predicted octanol–water partition coefficient (Wildman–Crippen LogP) is 1.44. The third-order valence-corrected chi connectivity index (χ3v) is 5.91. The molecule has 3 amide bonds. The van der Waals surface area contributed by atoms with E-state index in [-0.39, 0.29) is 24.0 Å². The number of hydrogen-bond acceptors (Lipinski definition) is 6. The largest absolute Gasteiger partial charge is 0.327 e. The molecule has 0 radical (unpaired) electrons. The lowest BCUT2D eigenvalue weighted by Gasteiger charge is -2.41. The first kappa shape index (κ1) is 19.8. The Hall–Kier alpha value is -2.52. The van der Waals surface area contributed by atoms with Crippen LogP contribution >= 0.6 is 0 Å². The van der Waals surface area contributed by atoms with Crippen molar-refractivity contribution < 1.29 is 14.0 Å². The van der Waals surface area contributed by atoms with Gasteiger partial charge < -0.3 is 4.90 Å². The molecule has 1 N–H and O–H groups in total. The molecular weight excluding hydrogens is 375 g/mol. The van der Waals surface area contributed by atoms with Crippen molar-refractivity contribution in [3.63, 3.8) is 0 Å². The fourth-order valence-corrected chi connectivity index (χ4v) is 4.27. The lowest BCUT2D eigenvalue weighted by molar-refractivity contribution is -0.137. The highest BCUT2D eigenvalue weighted by molar-refractivity contribution is 6.04. The molecule has 2 saturated heterocycles. The van der Waals surface area contributed by atoms with Gasteiger partial charge in [0.1, 0.15) is 18.0 Å². The molecule has 156 valence electrons. The smallest absolute Gasteiger partial charge is 0.310 e. The molecule has 0 aliphatic carbocycles. The van der Waals surface area contributed by atoms with Crippen molar-refractivity contribution >= 4 is 17.6 Å². The van der Waals surface area contributed by atoms with Crippen LogP contribution in [0.5, 0.6) is 0 Å². The molecular formula is C20H27FN6O2. The number of hydrazone groups is 1. The number of likely N-dealkylation sites (N-methyl/N-ethyl adjacent to an activating group) is 2. The fraction of sp³-hybridized carbons (Fsp3) is 0.550. The van der Waals surface area contributed by atoms with Crippen molar-refractivity contribution in [3.05, 3.63) is 35.6 Å². The zero-order chi connectivity index (χ0) is 20.7. The number of fused-ring (bicyclic) bond motifs is 3. The van der Waals surface area contributed by atoms with Crippen molar-refractivity contribution in [2.24, 2.45) is 5.10 Å².